The molecule has 2 heterocycles. The first kappa shape index (κ1) is 17.8. The maximum absolute atomic E-state index is 12.6. The highest BCUT2D eigenvalue weighted by Crippen LogP contribution is 2.22. The number of rotatable bonds is 5. The molecule has 0 aromatic carbocycles. The second-order valence-electron chi connectivity index (χ2n) is 7.01. The van der Waals surface area contributed by atoms with Crippen LogP contribution >= 0.6 is 0 Å². The fourth-order valence-corrected chi connectivity index (χ4v) is 3.45. The first-order valence-corrected chi connectivity index (χ1v) is 8.93. The van der Waals surface area contributed by atoms with Crippen LogP contribution in [0.25, 0.3) is 0 Å². The Bertz CT molecular complexity index is 604. The summed E-state index contributed by atoms with van der Waals surface area (Å²) in [6, 6.07) is 5.63. The van der Waals surface area contributed by atoms with E-state index in [0.29, 0.717) is 25.5 Å². The van der Waals surface area contributed by atoms with Crippen molar-refractivity contribution in [3.05, 3.63) is 24.4 Å². The van der Waals surface area contributed by atoms with Gasteiger partial charge in [0.15, 0.2) is 5.60 Å². The van der Waals surface area contributed by atoms with Crippen molar-refractivity contribution in [3.63, 3.8) is 0 Å². The number of aromatic nitrogens is 1. The van der Waals surface area contributed by atoms with Crippen LogP contribution in [0.15, 0.2) is 24.4 Å². The molecule has 2 fully saturated rings. The van der Waals surface area contributed by atoms with Crippen molar-refractivity contribution in [1.29, 1.82) is 0 Å². The van der Waals surface area contributed by atoms with Crippen molar-refractivity contribution in [3.8, 4) is 0 Å². The smallest absolute Gasteiger partial charge is 0.253 e. The standard InChI is InChI=1S/C18H26N4O3/c1-18(17(24)20-14-6-2-3-7-14)13-22(10-11-25-18)12-16(23)21-15-8-4-5-9-19-15/h4-5,8-9,14H,2-3,6-7,10-13H2,1H3,(H,20,24)(H,19,21,23). The third-order valence-electron chi connectivity index (χ3n) is 4.82. The molecule has 0 radical (unpaired) electrons. The minimum Gasteiger partial charge on any atom is -0.363 e. The lowest BCUT2D eigenvalue weighted by Crippen LogP contribution is -2.60. The zero-order chi connectivity index (χ0) is 17.7. The third kappa shape index (κ3) is 4.76. The Morgan fingerprint density at radius 1 is 1.36 bits per heavy atom. The Kier molecular flexibility index (Phi) is 5.65. The largest absolute Gasteiger partial charge is 0.363 e. The van der Waals surface area contributed by atoms with E-state index in [2.05, 4.69) is 15.6 Å². The number of carbonyl (C=O) groups excluding carboxylic acids is 2. The summed E-state index contributed by atoms with van der Waals surface area (Å²) in [7, 11) is 0. The zero-order valence-electron chi connectivity index (χ0n) is 14.7. The van der Waals surface area contributed by atoms with Crippen molar-refractivity contribution < 1.29 is 14.3 Å². The Balaban J connectivity index is 1.52. The number of carbonyl (C=O) groups is 2. The van der Waals surface area contributed by atoms with E-state index in [1.807, 2.05) is 11.0 Å². The van der Waals surface area contributed by atoms with Gasteiger partial charge < -0.3 is 15.4 Å². The molecule has 3 rings (SSSR count). The van der Waals surface area contributed by atoms with Gasteiger partial charge >= 0.3 is 0 Å². The quantitative estimate of drug-likeness (QED) is 0.836. The highest BCUT2D eigenvalue weighted by atomic mass is 16.5. The molecule has 7 heteroatoms. The van der Waals surface area contributed by atoms with Crippen LogP contribution in [0, 0.1) is 0 Å². The lowest BCUT2D eigenvalue weighted by molar-refractivity contribution is -0.158. The van der Waals surface area contributed by atoms with Crippen LogP contribution < -0.4 is 10.6 Å². The summed E-state index contributed by atoms with van der Waals surface area (Å²) in [6.45, 7) is 3.49. The van der Waals surface area contributed by atoms with Gasteiger partial charge in [-0.2, -0.15) is 0 Å². The summed E-state index contributed by atoms with van der Waals surface area (Å²) >= 11 is 0. The van der Waals surface area contributed by atoms with Crippen molar-refractivity contribution in [2.75, 3.05) is 31.6 Å². The topological polar surface area (TPSA) is 83.6 Å². The van der Waals surface area contributed by atoms with Gasteiger partial charge in [-0.05, 0) is 31.9 Å². The van der Waals surface area contributed by atoms with Gasteiger partial charge in [0.05, 0.1) is 13.2 Å². The highest BCUT2D eigenvalue weighted by molar-refractivity contribution is 5.91. The predicted octanol–water partition coefficient (Wildman–Crippen LogP) is 1.17. The minimum atomic E-state index is -0.911. The molecule has 1 aromatic rings. The van der Waals surface area contributed by atoms with Crippen molar-refractivity contribution in [2.24, 2.45) is 0 Å². The number of nitrogens with zero attached hydrogens (tertiary/aromatic N) is 2. The van der Waals surface area contributed by atoms with E-state index in [4.69, 9.17) is 4.74 Å². The van der Waals surface area contributed by atoms with E-state index in [9.17, 15) is 9.59 Å². The van der Waals surface area contributed by atoms with Gasteiger partial charge in [0.2, 0.25) is 5.91 Å². The number of hydrogen-bond donors (Lipinski definition) is 2. The molecule has 136 valence electrons. The molecule has 1 aromatic heterocycles. The van der Waals surface area contributed by atoms with Crippen LogP contribution in [0.5, 0.6) is 0 Å². The monoisotopic (exact) mass is 346 g/mol. The highest BCUT2D eigenvalue weighted by Gasteiger charge is 2.40. The van der Waals surface area contributed by atoms with Crippen LogP contribution in [-0.4, -0.2) is 59.6 Å². The first-order valence-electron chi connectivity index (χ1n) is 8.93. The lowest BCUT2D eigenvalue weighted by atomic mass is 10.0. The average molecular weight is 346 g/mol. The summed E-state index contributed by atoms with van der Waals surface area (Å²) in [6.07, 6.45) is 6.05. The van der Waals surface area contributed by atoms with Crippen molar-refractivity contribution in [1.82, 2.24) is 15.2 Å². The molecule has 1 saturated carbocycles. The lowest BCUT2D eigenvalue weighted by Gasteiger charge is -2.39. The van der Waals surface area contributed by atoms with Crippen LogP contribution in [-0.2, 0) is 14.3 Å². The molecule has 1 unspecified atom stereocenters. The number of ether oxygens (including phenoxy) is 1. The van der Waals surface area contributed by atoms with E-state index < -0.39 is 5.60 Å². The number of nitrogens with one attached hydrogen (secondary N) is 2. The van der Waals surface area contributed by atoms with E-state index >= 15 is 0 Å². The zero-order valence-corrected chi connectivity index (χ0v) is 14.7. The fraction of sp³-hybridized carbons (Fsp3) is 0.611. The number of pyridine rings is 1. The summed E-state index contributed by atoms with van der Waals surface area (Å²) in [4.78, 5) is 30.9. The van der Waals surface area contributed by atoms with E-state index in [0.717, 1.165) is 12.8 Å². The molecule has 7 nitrogen and oxygen atoms in total. The second-order valence-corrected chi connectivity index (χ2v) is 7.01. The van der Waals surface area contributed by atoms with Gasteiger partial charge in [0.1, 0.15) is 5.82 Å². The van der Waals surface area contributed by atoms with Crippen LogP contribution in [0.4, 0.5) is 5.82 Å². The molecule has 1 aliphatic carbocycles. The molecule has 2 aliphatic rings. The number of morpholine rings is 1. The van der Waals surface area contributed by atoms with Crippen LogP contribution in [0.3, 0.4) is 0 Å². The summed E-state index contributed by atoms with van der Waals surface area (Å²) in [5.41, 5.74) is -0.911. The van der Waals surface area contributed by atoms with E-state index in [1.54, 1.807) is 25.3 Å². The number of amides is 2. The molecule has 0 bridgehead atoms. The fourth-order valence-electron chi connectivity index (χ4n) is 3.45. The predicted molar refractivity (Wildman–Crippen MR) is 94.1 cm³/mol. The van der Waals surface area contributed by atoms with Gasteiger partial charge in [-0.25, -0.2) is 4.98 Å². The second kappa shape index (κ2) is 7.93. The Hall–Kier alpha value is -1.99. The molecular weight excluding hydrogens is 320 g/mol. The first-order chi connectivity index (χ1) is 12.0. The molecule has 1 saturated heterocycles. The normalized spacial score (nSPS) is 24.8. The summed E-state index contributed by atoms with van der Waals surface area (Å²) in [5, 5.41) is 5.87. The van der Waals surface area contributed by atoms with Crippen LogP contribution in [0.2, 0.25) is 0 Å². The molecular formula is C18H26N4O3. The Morgan fingerprint density at radius 2 is 2.16 bits per heavy atom. The third-order valence-corrected chi connectivity index (χ3v) is 4.82. The van der Waals surface area contributed by atoms with E-state index in [1.165, 1.54) is 12.8 Å². The Morgan fingerprint density at radius 3 is 2.88 bits per heavy atom. The van der Waals surface area contributed by atoms with Gasteiger partial charge in [-0.3, -0.25) is 14.5 Å². The molecule has 2 amide bonds. The summed E-state index contributed by atoms with van der Waals surface area (Å²) < 4.78 is 5.77. The SMILES string of the molecule is CC1(C(=O)NC2CCCC2)CN(CC(=O)Nc2ccccn2)CCO1. The maximum Gasteiger partial charge on any atom is 0.253 e. The van der Waals surface area contributed by atoms with Gasteiger partial charge in [-0.1, -0.05) is 18.9 Å². The average Bonchev–Trinajstić information content (AvgIpc) is 3.08. The number of hydrogen-bond acceptors (Lipinski definition) is 5. The maximum atomic E-state index is 12.6. The van der Waals surface area contributed by atoms with Gasteiger partial charge in [-0.15, -0.1) is 0 Å². The molecule has 1 aliphatic heterocycles. The van der Waals surface area contributed by atoms with Gasteiger partial charge in [0.25, 0.3) is 5.91 Å². The van der Waals surface area contributed by atoms with Crippen molar-refractivity contribution >= 4 is 17.6 Å². The molecule has 2 N–H and O–H groups in total. The molecule has 1 atom stereocenters. The summed E-state index contributed by atoms with van der Waals surface area (Å²) in [5.74, 6) is 0.316. The van der Waals surface area contributed by atoms with Gasteiger partial charge in [0, 0.05) is 25.3 Å². The Labute approximate surface area is 148 Å². The minimum absolute atomic E-state index is 0.0748. The molecule has 25 heavy (non-hydrogen) atoms. The number of anilines is 1. The van der Waals surface area contributed by atoms with Crippen LogP contribution in [0.1, 0.15) is 32.6 Å². The molecule has 0 spiro atoms. The van der Waals surface area contributed by atoms with Crippen molar-refractivity contribution in [2.45, 2.75) is 44.2 Å². The van der Waals surface area contributed by atoms with E-state index in [-0.39, 0.29) is 24.4 Å².